The van der Waals surface area contributed by atoms with Crippen LogP contribution >= 0.6 is 39.1 Å². The first-order valence-electron chi connectivity index (χ1n) is 4.57. The molecule has 88 valence electrons. The second-order valence-corrected chi connectivity index (χ2v) is 4.76. The highest BCUT2D eigenvalue weighted by Crippen LogP contribution is 2.31. The molecule has 0 spiro atoms. The van der Waals surface area contributed by atoms with Crippen molar-refractivity contribution >= 4 is 56.6 Å². The van der Waals surface area contributed by atoms with Crippen LogP contribution in [0.2, 0.25) is 10.0 Å². The van der Waals surface area contributed by atoms with Gasteiger partial charge in [-0.05, 0) is 28.1 Å². The van der Waals surface area contributed by atoms with Crippen LogP contribution in [0.15, 0.2) is 28.9 Å². The third kappa shape index (κ3) is 3.00. The summed E-state index contributed by atoms with van der Waals surface area (Å²) >= 11 is 15.2. The maximum Gasteiger partial charge on any atom is 0.230 e. The van der Waals surface area contributed by atoms with E-state index in [9.17, 15) is 0 Å². The number of hydrogen-bond donors (Lipinski definition) is 2. The predicted octanol–water partition coefficient (Wildman–Crippen LogP) is 3.87. The zero-order chi connectivity index (χ0) is 12.4. The summed E-state index contributed by atoms with van der Waals surface area (Å²) in [5.74, 6) is 0.702. The van der Waals surface area contributed by atoms with E-state index < -0.39 is 0 Å². The lowest BCUT2D eigenvalue weighted by atomic mass is 10.3. The highest BCUT2D eigenvalue weighted by molar-refractivity contribution is 9.10. The number of rotatable bonds is 2. The van der Waals surface area contributed by atoms with Gasteiger partial charge in [-0.2, -0.15) is 4.98 Å². The Morgan fingerprint density at radius 2 is 2.00 bits per heavy atom. The Kier molecular flexibility index (Phi) is 3.71. The van der Waals surface area contributed by atoms with Gasteiger partial charge >= 0.3 is 0 Å². The molecule has 0 bridgehead atoms. The molecule has 0 aliphatic rings. The number of nitrogens with two attached hydrogens (primary N) is 1. The quantitative estimate of drug-likeness (QED) is 0.819. The molecule has 0 radical (unpaired) electrons. The van der Waals surface area contributed by atoms with Crippen LogP contribution in [0.1, 0.15) is 0 Å². The number of aromatic nitrogens is 2. The Morgan fingerprint density at radius 1 is 1.24 bits per heavy atom. The van der Waals surface area contributed by atoms with Gasteiger partial charge in [0.15, 0.2) is 0 Å². The number of hydrogen-bond acceptors (Lipinski definition) is 4. The third-order valence-corrected chi connectivity index (χ3v) is 3.14. The molecule has 0 atom stereocenters. The Labute approximate surface area is 116 Å². The van der Waals surface area contributed by atoms with Crippen LogP contribution in [-0.2, 0) is 0 Å². The van der Waals surface area contributed by atoms with Crippen LogP contribution in [-0.4, -0.2) is 9.97 Å². The van der Waals surface area contributed by atoms with Crippen LogP contribution < -0.4 is 11.1 Å². The van der Waals surface area contributed by atoms with Gasteiger partial charge < -0.3 is 11.1 Å². The van der Waals surface area contributed by atoms with E-state index >= 15 is 0 Å². The van der Waals surface area contributed by atoms with Crippen LogP contribution in [0.25, 0.3) is 0 Å². The molecule has 7 heteroatoms. The zero-order valence-electron chi connectivity index (χ0n) is 8.42. The van der Waals surface area contributed by atoms with Gasteiger partial charge in [-0.3, -0.25) is 0 Å². The van der Waals surface area contributed by atoms with Crippen molar-refractivity contribution < 1.29 is 0 Å². The number of halogens is 3. The van der Waals surface area contributed by atoms with Gasteiger partial charge in [-0.25, -0.2) is 4.98 Å². The van der Waals surface area contributed by atoms with E-state index in [-0.39, 0.29) is 0 Å². The fraction of sp³-hybridized carbons (Fsp3) is 0. The lowest BCUT2D eigenvalue weighted by Crippen LogP contribution is -2.01. The zero-order valence-corrected chi connectivity index (χ0v) is 11.5. The van der Waals surface area contributed by atoms with Crippen molar-refractivity contribution in [3.8, 4) is 0 Å². The SMILES string of the molecule is Nc1cc(Br)nc(Nc2cccc(Cl)c2Cl)n1. The Balaban J connectivity index is 2.34. The number of nitrogen functional groups attached to an aromatic ring is 1. The second-order valence-electron chi connectivity index (χ2n) is 3.17. The van der Waals surface area contributed by atoms with E-state index in [1.165, 1.54) is 0 Å². The highest BCUT2D eigenvalue weighted by atomic mass is 79.9. The molecule has 1 aromatic carbocycles. The van der Waals surface area contributed by atoms with E-state index in [4.69, 9.17) is 28.9 Å². The van der Waals surface area contributed by atoms with Gasteiger partial charge in [-0.15, -0.1) is 0 Å². The van der Waals surface area contributed by atoms with Crippen LogP contribution in [0.4, 0.5) is 17.5 Å². The molecule has 2 aromatic rings. The van der Waals surface area contributed by atoms with Gasteiger partial charge in [-0.1, -0.05) is 29.3 Å². The van der Waals surface area contributed by atoms with E-state index in [1.54, 1.807) is 24.3 Å². The minimum absolute atomic E-state index is 0.348. The predicted molar refractivity (Wildman–Crippen MR) is 73.9 cm³/mol. The molecule has 0 fully saturated rings. The monoisotopic (exact) mass is 332 g/mol. The van der Waals surface area contributed by atoms with Crippen molar-refractivity contribution in [1.82, 2.24) is 9.97 Å². The van der Waals surface area contributed by atoms with Crippen molar-refractivity contribution in [2.24, 2.45) is 0 Å². The molecule has 0 saturated carbocycles. The first-order chi connectivity index (χ1) is 8.06. The molecule has 1 heterocycles. The number of anilines is 3. The summed E-state index contributed by atoms with van der Waals surface area (Å²) in [6, 6.07) is 6.85. The van der Waals surface area contributed by atoms with E-state index in [0.717, 1.165) is 0 Å². The van der Waals surface area contributed by atoms with Gasteiger partial charge in [0.1, 0.15) is 10.4 Å². The Hall–Kier alpha value is -1.04. The summed E-state index contributed by atoms with van der Waals surface area (Å²) in [6.07, 6.45) is 0. The first-order valence-corrected chi connectivity index (χ1v) is 6.12. The van der Waals surface area contributed by atoms with Gasteiger partial charge in [0.25, 0.3) is 0 Å². The maximum absolute atomic E-state index is 6.03. The lowest BCUT2D eigenvalue weighted by molar-refractivity contribution is 1.15. The third-order valence-electron chi connectivity index (χ3n) is 1.91. The van der Waals surface area contributed by atoms with Crippen molar-refractivity contribution in [2.75, 3.05) is 11.1 Å². The lowest BCUT2D eigenvalue weighted by Gasteiger charge is -2.08. The number of nitrogens with zero attached hydrogens (tertiary/aromatic N) is 2. The molecule has 0 unspecified atom stereocenters. The second kappa shape index (κ2) is 5.08. The molecule has 3 N–H and O–H groups in total. The van der Waals surface area contributed by atoms with Crippen LogP contribution in [0.5, 0.6) is 0 Å². The molecule has 17 heavy (non-hydrogen) atoms. The fourth-order valence-electron chi connectivity index (χ4n) is 1.21. The van der Waals surface area contributed by atoms with Gasteiger partial charge in [0, 0.05) is 6.07 Å². The number of nitrogens with one attached hydrogen (secondary N) is 1. The topological polar surface area (TPSA) is 63.8 Å². The summed E-state index contributed by atoms with van der Waals surface area (Å²) in [6.45, 7) is 0. The number of benzene rings is 1. The molecular formula is C10H7BrCl2N4. The Morgan fingerprint density at radius 3 is 2.71 bits per heavy atom. The van der Waals surface area contributed by atoms with Gasteiger partial charge in [0.2, 0.25) is 5.95 Å². The van der Waals surface area contributed by atoms with Crippen molar-refractivity contribution in [2.45, 2.75) is 0 Å². The maximum atomic E-state index is 6.03. The highest BCUT2D eigenvalue weighted by Gasteiger charge is 2.07. The summed E-state index contributed by atoms with van der Waals surface area (Å²) in [7, 11) is 0. The average Bonchev–Trinajstić information content (AvgIpc) is 2.23. The van der Waals surface area contributed by atoms with E-state index in [1.807, 2.05) is 0 Å². The summed E-state index contributed by atoms with van der Waals surface area (Å²) in [4.78, 5) is 8.14. The average molecular weight is 334 g/mol. The van der Waals surface area contributed by atoms with Crippen molar-refractivity contribution in [3.05, 3.63) is 38.9 Å². The molecule has 0 saturated heterocycles. The Bertz CT molecular complexity index is 542. The van der Waals surface area contributed by atoms with E-state index in [2.05, 4.69) is 31.2 Å². The molecule has 4 nitrogen and oxygen atoms in total. The van der Waals surface area contributed by atoms with E-state index in [0.29, 0.717) is 32.1 Å². The summed E-state index contributed by atoms with van der Waals surface area (Å²) in [5, 5.41) is 3.82. The van der Waals surface area contributed by atoms with Crippen molar-refractivity contribution in [3.63, 3.8) is 0 Å². The minimum atomic E-state index is 0.348. The molecule has 0 aliphatic carbocycles. The molecule has 2 rings (SSSR count). The smallest absolute Gasteiger partial charge is 0.230 e. The molecule has 1 aromatic heterocycles. The normalized spacial score (nSPS) is 10.3. The first kappa shape index (κ1) is 12.4. The standard InChI is InChI=1S/C10H7BrCl2N4/c11-7-4-8(14)17-10(16-7)15-6-3-1-2-5(12)9(6)13/h1-4H,(H3,14,15,16,17). The van der Waals surface area contributed by atoms with Crippen LogP contribution in [0, 0.1) is 0 Å². The van der Waals surface area contributed by atoms with Crippen LogP contribution in [0.3, 0.4) is 0 Å². The van der Waals surface area contributed by atoms with Crippen molar-refractivity contribution in [1.29, 1.82) is 0 Å². The molecular weight excluding hydrogens is 327 g/mol. The largest absolute Gasteiger partial charge is 0.383 e. The van der Waals surface area contributed by atoms with Gasteiger partial charge in [0.05, 0.1) is 15.7 Å². The molecule has 0 amide bonds. The minimum Gasteiger partial charge on any atom is -0.383 e. The summed E-state index contributed by atoms with van der Waals surface area (Å²) in [5.41, 5.74) is 6.22. The summed E-state index contributed by atoms with van der Waals surface area (Å²) < 4.78 is 0.589. The fourth-order valence-corrected chi connectivity index (χ4v) is 1.96. The molecule has 0 aliphatic heterocycles.